The highest BCUT2D eigenvalue weighted by molar-refractivity contribution is 6.36. The Morgan fingerprint density at radius 3 is 2.36 bits per heavy atom. The molecule has 0 aliphatic carbocycles. The van der Waals surface area contributed by atoms with Crippen LogP contribution in [-0.2, 0) is 9.59 Å². The van der Waals surface area contributed by atoms with Crippen LogP contribution < -0.4 is 5.32 Å². The van der Waals surface area contributed by atoms with Crippen LogP contribution in [0.1, 0.15) is 30.7 Å². The second-order valence-electron chi connectivity index (χ2n) is 5.84. The van der Waals surface area contributed by atoms with E-state index in [-0.39, 0.29) is 46.2 Å². The first-order valence-electron chi connectivity index (χ1n) is 8.24. The van der Waals surface area contributed by atoms with Crippen LogP contribution in [0, 0.1) is 21.4 Å². The number of rotatable bonds is 8. The van der Waals surface area contributed by atoms with Gasteiger partial charge < -0.3 is 5.32 Å². The molecule has 0 saturated carbocycles. The highest BCUT2D eigenvalue weighted by Gasteiger charge is 2.25. The Kier molecular flexibility index (Phi) is 7.50. The second kappa shape index (κ2) is 9.83. The summed E-state index contributed by atoms with van der Waals surface area (Å²) in [5.74, 6) is -2.00. The third-order valence-electron chi connectivity index (χ3n) is 3.94. The first kappa shape index (κ1) is 21.4. The first-order valence-corrected chi connectivity index (χ1v) is 9.00. The number of benzene rings is 2. The summed E-state index contributed by atoms with van der Waals surface area (Å²) in [4.78, 5) is 34.8. The van der Waals surface area contributed by atoms with Crippen LogP contribution in [0.3, 0.4) is 0 Å². The lowest BCUT2D eigenvalue weighted by Gasteiger charge is -2.12. The summed E-state index contributed by atoms with van der Waals surface area (Å²) < 4.78 is 0. The van der Waals surface area contributed by atoms with E-state index in [1.807, 2.05) is 6.07 Å². The number of nitrogens with one attached hydrogen (secondary N) is 1. The van der Waals surface area contributed by atoms with Crippen molar-refractivity contribution in [2.75, 3.05) is 5.32 Å². The van der Waals surface area contributed by atoms with Crippen molar-refractivity contribution in [3.05, 3.63) is 68.2 Å². The maximum atomic E-state index is 12.4. The van der Waals surface area contributed by atoms with Gasteiger partial charge in [0.25, 0.3) is 5.69 Å². The monoisotopic (exact) mass is 419 g/mol. The van der Waals surface area contributed by atoms with Crippen LogP contribution >= 0.6 is 23.2 Å². The zero-order valence-corrected chi connectivity index (χ0v) is 16.0. The summed E-state index contributed by atoms with van der Waals surface area (Å²) in [7, 11) is 0. The van der Waals surface area contributed by atoms with Crippen molar-refractivity contribution in [1.29, 1.82) is 5.26 Å². The van der Waals surface area contributed by atoms with Gasteiger partial charge in [-0.2, -0.15) is 5.26 Å². The molecule has 144 valence electrons. The van der Waals surface area contributed by atoms with Crippen LogP contribution in [0.25, 0.3) is 0 Å². The van der Waals surface area contributed by atoms with Crippen LogP contribution in [0.4, 0.5) is 11.4 Å². The third kappa shape index (κ3) is 5.28. The van der Waals surface area contributed by atoms with Crippen molar-refractivity contribution in [2.45, 2.75) is 25.2 Å². The minimum Gasteiger partial charge on any atom is -0.320 e. The number of carbonyl (C=O) groups excluding carboxylic acids is 2. The highest BCUT2D eigenvalue weighted by Crippen LogP contribution is 2.32. The predicted molar refractivity (Wildman–Crippen MR) is 105 cm³/mol. The quantitative estimate of drug-likeness (QED) is 0.483. The zero-order chi connectivity index (χ0) is 20.7. The van der Waals surface area contributed by atoms with Crippen molar-refractivity contribution in [3.8, 4) is 6.07 Å². The molecule has 1 amide bonds. The number of hydrogen-bond acceptors (Lipinski definition) is 5. The fourth-order valence-corrected chi connectivity index (χ4v) is 3.22. The molecule has 1 atom stereocenters. The van der Waals surface area contributed by atoms with E-state index in [9.17, 15) is 25.0 Å². The van der Waals surface area contributed by atoms with Crippen molar-refractivity contribution in [2.24, 2.45) is 0 Å². The number of amides is 1. The summed E-state index contributed by atoms with van der Waals surface area (Å²) in [6, 6.07) is 12.4. The number of nitriles is 1. The van der Waals surface area contributed by atoms with Crippen molar-refractivity contribution >= 4 is 46.3 Å². The van der Waals surface area contributed by atoms with Gasteiger partial charge in [0.15, 0.2) is 5.78 Å². The minimum atomic E-state index is -1.13. The van der Waals surface area contributed by atoms with Gasteiger partial charge in [-0.05, 0) is 24.6 Å². The number of anilines is 1. The normalized spacial score (nSPS) is 11.3. The van der Waals surface area contributed by atoms with Gasteiger partial charge in [0.2, 0.25) is 5.91 Å². The lowest BCUT2D eigenvalue weighted by Crippen LogP contribution is -2.15. The van der Waals surface area contributed by atoms with E-state index in [0.29, 0.717) is 0 Å². The molecule has 9 heteroatoms. The summed E-state index contributed by atoms with van der Waals surface area (Å²) in [6.45, 7) is 0. The van der Waals surface area contributed by atoms with Crippen LogP contribution in [0.2, 0.25) is 10.0 Å². The number of Topliss-reactive ketones (excluding diaryl/α,β-unsaturated/α-hetero) is 1. The van der Waals surface area contributed by atoms with E-state index in [2.05, 4.69) is 5.32 Å². The number of para-hydroxylation sites is 2. The molecule has 7 nitrogen and oxygen atoms in total. The molecule has 2 aromatic carbocycles. The van der Waals surface area contributed by atoms with Gasteiger partial charge in [0, 0.05) is 34.5 Å². The zero-order valence-electron chi connectivity index (χ0n) is 14.5. The van der Waals surface area contributed by atoms with E-state index in [0.717, 1.165) is 0 Å². The first-order chi connectivity index (χ1) is 13.3. The Morgan fingerprint density at radius 1 is 1.11 bits per heavy atom. The van der Waals surface area contributed by atoms with Gasteiger partial charge in [0.1, 0.15) is 11.6 Å². The maximum Gasteiger partial charge on any atom is 0.292 e. The summed E-state index contributed by atoms with van der Waals surface area (Å²) in [5, 5.41) is 23.2. The van der Waals surface area contributed by atoms with Crippen molar-refractivity contribution in [1.82, 2.24) is 0 Å². The van der Waals surface area contributed by atoms with E-state index in [1.54, 1.807) is 24.3 Å². The molecule has 2 aromatic rings. The van der Waals surface area contributed by atoms with Crippen molar-refractivity contribution < 1.29 is 14.5 Å². The number of hydrogen-bond donors (Lipinski definition) is 1. The minimum absolute atomic E-state index is 0.0355. The van der Waals surface area contributed by atoms with Crippen molar-refractivity contribution in [3.63, 3.8) is 0 Å². The largest absolute Gasteiger partial charge is 0.320 e. The molecule has 28 heavy (non-hydrogen) atoms. The molecule has 0 heterocycles. The molecule has 0 saturated heterocycles. The molecule has 2 rings (SSSR count). The molecule has 0 bridgehead atoms. The molecule has 0 aliphatic heterocycles. The Morgan fingerprint density at radius 2 is 1.75 bits per heavy atom. The second-order valence-corrected chi connectivity index (χ2v) is 6.65. The Hall–Kier alpha value is -2.95. The molecule has 0 aliphatic rings. The van der Waals surface area contributed by atoms with E-state index in [4.69, 9.17) is 23.2 Å². The van der Waals surface area contributed by atoms with Crippen LogP contribution in [0.5, 0.6) is 0 Å². The number of nitro benzene ring substituents is 1. The van der Waals surface area contributed by atoms with E-state index < -0.39 is 22.5 Å². The SMILES string of the molecule is N#C[C@@H](C(=O)CCCC(=O)Nc1ccccc1[N+](=O)[O-])c1c(Cl)cccc1Cl. The van der Waals surface area contributed by atoms with Gasteiger partial charge in [-0.15, -0.1) is 0 Å². The molecule has 0 fully saturated rings. The smallest absolute Gasteiger partial charge is 0.292 e. The van der Waals surface area contributed by atoms with Crippen LogP contribution in [-0.4, -0.2) is 16.6 Å². The highest BCUT2D eigenvalue weighted by atomic mass is 35.5. The summed E-state index contributed by atoms with van der Waals surface area (Å²) >= 11 is 12.1. The van der Waals surface area contributed by atoms with E-state index in [1.165, 1.54) is 18.2 Å². The van der Waals surface area contributed by atoms with Gasteiger partial charge in [-0.25, -0.2) is 0 Å². The molecule has 0 spiro atoms. The number of ketones is 1. The molecular formula is C19H15Cl2N3O4. The molecule has 1 N–H and O–H groups in total. The number of halogens is 2. The Bertz CT molecular complexity index is 936. The predicted octanol–water partition coefficient (Wildman–Crippen LogP) is 4.89. The number of carbonyl (C=O) groups is 2. The Balaban J connectivity index is 1.95. The molecule has 0 unspecified atom stereocenters. The Labute approximate surface area is 171 Å². The van der Waals surface area contributed by atoms with Crippen LogP contribution in [0.15, 0.2) is 42.5 Å². The van der Waals surface area contributed by atoms with Gasteiger partial charge in [0.05, 0.1) is 11.0 Å². The molecule has 0 aromatic heterocycles. The standard InChI is InChI=1S/C19H15Cl2N3O4/c20-13-5-3-6-14(21)19(13)12(11-22)17(25)9-4-10-18(26)23-15-7-1-2-8-16(15)24(27)28/h1-3,5-8,12H,4,9-10H2,(H,23,26)/t12-/m0/s1. The topological polar surface area (TPSA) is 113 Å². The average Bonchev–Trinajstić information content (AvgIpc) is 2.65. The van der Waals surface area contributed by atoms with Gasteiger partial charge in [-0.1, -0.05) is 41.4 Å². The summed E-state index contributed by atoms with van der Waals surface area (Å²) in [5.41, 5.74) is 0.120. The lowest BCUT2D eigenvalue weighted by atomic mass is 9.93. The molecule has 0 radical (unpaired) electrons. The van der Waals surface area contributed by atoms with Gasteiger partial charge >= 0.3 is 0 Å². The molecular weight excluding hydrogens is 405 g/mol. The number of nitrogens with zero attached hydrogens (tertiary/aromatic N) is 2. The fraction of sp³-hybridized carbons (Fsp3) is 0.211. The average molecular weight is 420 g/mol. The summed E-state index contributed by atoms with van der Waals surface area (Å²) in [6.07, 6.45) is 0.0990. The fourth-order valence-electron chi connectivity index (χ4n) is 2.60. The van der Waals surface area contributed by atoms with E-state index >= 15 is 0 Å². The number of nitro groups is 1. The van der Waals surface area contributed by atoms with Gasteiger partial charge in [-0.3, -0.25) is 19.7 Å². The lowest BCUT2D eigenvalue weighted by molar-refractivity contribution is -0.383. The maximum absolute atomic E-state index is 12.4. The third-order valence-corrected chi connectivity index (χ3v) is 4.60.